The van der Waals surface area contributed by atoms with Gasteiger partial charge in [-0.2, -0.15) is 5.10 Å². The molecule has 0 aliphatic rings. The highest BCUT2D eigenvalue weighted by molar-refractivity contribution is 6.30. The normalized spacial score (nSPS) is 11.0. The average molecular weight is 373 g/mol. The second-order valence-electron chi connectivity index (χ2n) is 6.94. The summed E-state index contributed by atoms with van der Waals surface area (Å²) in [5, 5.41) is 5.70. The van der Waals surface area contributed by atoms with Crippen molar-refractivity contribution in [3.63, 3.8) is 0 Å². The van der Waals surface area contributed by atoms with E-state index in [0.717, 1.165) is 38.8 Å². The van der Waals surface area contributed by atoms with Crippen LogP contribution in [0.4, 0.5) is 0 Å². The van der Waals surface area contributed by atoms with Gasteiger partial charge in [0.25, 0.3) is 0 Å². The highest BCUT2D eigenvalue weighted by atomic mass is 35.5. The maximum Gasteiger partial charge on any atom is 0.0963 e. The molecule has 4 rings (SSSR count). The predicted molar refractivity (Wildman–Crippen MR) is 114 cm³/mol. The van der Waals surface area contributed by atoms with Gasteiger partial charge < -0.3 is 0 Å². The van der Waals surface area contributed by atoms with Crippen LogP contribution in [0.25, 0.3) is 28.2 Å². The largest absolute Gasteiger partial charge is 0.232 e. The molecule has 0 aliphatic carbocycles. The van der Waals surface area contributed by atoms with Crippen LogP contribution in [-0.2, 0) is 0 Å². The molecule has 0 bridgehead atoms. The van der Waals surface area contributed by atoms with Crippen molar-refractivity contribution in [2.75, 3.05) is 0 Å². The molecule has 2 nitrogen and oxygen atoms in total. The zero-order chi connectivity index (χ0) is 19.0. The van der Waals surface area contributed by atoms with Crippen molar-refractivity contribution in [1.82, 2.24) is 9.78 Å². The van der Waals surface area contributed by atoms with Gasteiger partial charge in [0.05, 0.1) is 17.1 Å². The summed E-state index contributed by atoms with van der Waals surface area (Å²) >= 11 is 6.09. The number of aromatic nitrogens is 2. The first-order valence-corrected chi connectivity index (χ1v) is 9.40. The third kappa shape index (κ3) is 3.41. The van der Waals surface area contributed by atoms with E-state index in [-0.39, 0.29) is 0 Å². The van der Waals surface area contributed by atoms with E-state index in [4.69, 9.17) is 16.7 Å². The second kappa shape index (κ2) is 7.05. The van der Waals surface area contributed by atoms with Crippen molar-refractivity contribution in [3.05, 3.63) is 94.5 Å². The number of nitrogens with zero attached hydrogens (tertiary/aromatic N) is 2. The first-order valence-electron chi connectivity index (χ1n) is 9.02. The molecule has 4 aromatic rings. The van der Waals surface area contributed by atoms with Gasteiger partial charge in [0, 0.05) is 21.7 Å². The summed E-state index contributed by atoms with van der Waals surface area (Å²) in [6.45, 7) is 6.34. The van der Waals surface area contributed by atoms with Crippen LogP contribution in [0.1, 0.15) is 16.7 Å². The van der Waals surface area contributed by atoms with Crippen LogP contribution in [0, 0.1) is 20.8 Å². The van der Waals surface area contributed by atoms with Gasteiger partial charge in [-0.3, -0.25) is 0 Å². The zero-order valence-electron chi connectivity index (χ0n) is 15.7. The minimum absolute atomic E-state index is 0.721. The van der Waals surface area contributed by atoms with Crippen molar-refractivity contribution in [3.8, 4) is 28.2 Å². The molecule has 0 fully saturated rings. The number of benzene rings is 3. The summed E-state index contributed by atoms with van der Waals surface area (Å²) in [5.74, 6) is 0. The molecule has 0 aliphatic heterocycles. The van der Waals surface area contributed by atoms with Crippen molar-refractivity contribution >= 4 is 11.6 Å². The van der Waals surface area contributed by atoms with Crippen molar-refractivity contribution in [1.29, 1.82) is 0 Å². The Morgan fingerprint density at radius 1 is 0.667 bits per heavy atom. The SMILES string of the molecule is Cc1ccc(-c2nn(-c3ccc(Cl)cc3)c(-c3ccc(C)cc3)c2C)cc1. The Balaban J connectivity index is 1.95. The van der Waals surface area contributed by atoms with E-state index >= 15 is 0 Å². The molecule has 27 heavy (non-hydrogen) atoms. The molecular formula is C24H21ClN2. The molecule has 0 spiro atoms. The lowest BCUT2D eigenvalue weighted by Crippen LogP contribution is -1.99. The van der Waals surface area contributed by atoms with E-state index in [2.05, 4.69) is 69.3 Å². The first-order chi connectivity index (χ1) is 13.0. The number of aryl methyl sites for hydroxylation is 2. The molecule has 134 valence electrons. The Bertz CT molecular complexity index is 1070. The van der Waals surface area contributed by atoms with Crippen LogP contribution in [0.2, 0.25) is 5.02 Å². The summed E-state index contributed by atoms with van der Waals surface area (Å²) in [6, 6.07) is 24.9. The van der Waals surface area contributed by atoms with E-state index in [1.807, 2.05) is 28.9 Å². The van der Waals surface area contributed by atoms with Gasteiger partial charge in [0.15, 0.2) is 0 Å². The second-order valence-corrected chi connectivity index (χ2v) is 7.38. The fourth-order valence-electron chi connectivity index (χ4n) is 3.30. The molecule has 0 atom stereocenters. The van der Waals surface area contributed by atoms with Gasteiger partial charge in [-0.25, -0.2) is 4.68 Å². The fourth-order valence-corrected chi connectivity index (χ4v) is 3.43. The van der Waals surface area contributed by atoms with Crippen LogP contribution in [0.5, 0.6) is 0 Å². The summed E-state index contributed by atoms with van der Waals surface area (Å²) < 4.78 is 2.02. The van der Waals surface area contributed by atoms with Gasteiger partial charge in [-0.05, 0) is 45.0 Å². The van der Waals surface area contributed by atoms with E-state index in [0.29, 0.717) is 0 Å². The molecular weight excluding hydrogens is 352 g/mol. The van der Waals surface area contributed by atoms with Crippen LogP contribution in [0.3, 0.4) is 0 Å². The monoisotopic (exact) mass is 372 g/mol. The summed E-state index contributed by atoms with van der Waals surface area (Å²) in [4.78, 5) is 0. The molecule has 0 saturated carbocycles. The molecule has 0 unspecified atom stereocenters. The van der Waals surface area contributed by atoms with Crippen LogP contribution < -0.4 is 0 Å². The molecule has 3 heteroatoms. The van der Waals surface area contributed by atoms with Gasteiger partial charge in [-0.15, -0.1) is 0 Å². The Morgan fingerprint density at radius 3 is 1.74 bits per heavy atom. The van der Waals surface area contributed by atoms with Gasteiger partial charge >= 0.3 is 0 Å². The number of hydrogen-bond acceptors (Lipinski definition) is 1. The third-order valence-electron chi connectivity index (χ3n) is 4.84. The zero-order valence-corrected chi connectivity index (χ0v) is 16.5. The molecule has 0 amide bonds. The highest BCUT2D eigenvalue weighted by Crippen LogP contribution is 2.34. The van der Waals surface area contributed by atoms with Gasteiger partial charge in [0.1, 0.15) is 0 Å². The quantitative estimate of drug-likeness (QED) is 0.387. The van der Waals surface area contributed by atoms with Crippen LogP contribution >= 0.6 is 11.6 Å². The van der Waals surface area contributed by atoms with E-state index in [1.165, 1.54) is 11.1 Å². The molecule has 0 N–H and O–H groups in total. The van der Waals surface area contributed by atoms with Gasteiger partial charge in [0.2, 0.25) is 0 Å². The van der Waals surface area contributed by atoms with Crippen molar-refractivity contribution in [2.24, 2.45) is 0 Å². The molecule has 1 heterocycles. The number of hydrogen-bond donors (Lipinski definition) is 0. The molecule has 0 radical (unpaired) electrons. The maximum atomic E-state index is 6.09. The third-order valence-corrected chi connectivity index (χ3v) is 5.10. The molecule has 1 aromatic heterocycles. The Kier molecular flexibility index (Phi) is 4.59. The highest BCUT2D eigenvalue weighted by Gasteiger charge is 2.18. The topological polar surface area (TPSA) is 17.8 Å². The predicted octanol–water partition coefficient (Wildman–Crippen LogP) is 6.78. The van der Waals surface area contributed by atoms with E-state index in [1.54, 1.807) is 0 Å². The summed E-state index contributed by atoms with van der Waals surface area (Å²) in [5.41, 5.74) is 9.03. The van der Waals surface area contributed by atoms with E-state index in [9.17, 15) is 0 Å². The lowest BCUT2D eigenvalue weighted by molar-refractivity contribution is 0.891. The lowest BCUT2D eigenvalue weighted by Gasteiger charge is -2.09. The number of rotatable bonds is 3. The number of halogens is 1. The standard InChI is InChI=1S/C24H21ClN2/c1-16-4-8-19(9-5-16)23-18(3)24(20-10-6-17(2)7-11-20)27(26-23)22-14-12-21(25)13-15-22/h4-15H,1-3H3. The van der Waals surface area contributed by atoms with E-state index < -0.39 is 0 Å². The molecule has 0 saturated heterocycles. The summed E-state index contributed by atoms with van der Waals surface area (Å²) in [7, 11) is 0. The Morgan fingerprint density at radius 2 is 1.19 bits per heavy atom. The van der Waals surface area contributed by atoms with Crippen molar-refractivity contribution in [2.45, 2.75) is 20.8 Å². The minimum atomic E-state index is 0.721. The average Bonchev–Trinajstić information content (AvgIpc) is 3.01. The van der Waals surface area contributed by atoms with Crippen molar-refractivity contribution < 1.29 is 0 Å². The Hall–Kier alpha value is -2.84. The molecule has 3 aromatic carbocycles. The fraction of sp³-hybridized carbons (Fsp3) is 0.125. The minimum Gasteiger partial charge on any atom is -0.232 e. The summed E-state index contributed by atoms with van der Waals surface area (Å²) in [6.07, 6.45) is 0. The first kappa shape index (κ1) is 17.6. The Labute approximate surface area is 165 Å². The van der Waals surface area contributed by atoms with Crippen LogP contribution in [-0.4, -0.2) is 9.78 Å². The maximum absolute atomic E-state index is 6.09. The lowest BCUT2D eigenvalue weighted by atomic mass is 10.0. The smallest absolute Gasteiger partial charge is 0.0963 e. The van der Waals surface area contributed by atoms with Gasteiger partial charge in [-0.1, -0.05) is 71.3 Å². The van der Waals surface area contributed by atoms with Crippen LogP contribution in [0.15, 0.2) is 72.8 Å².